The van der Waals surface area contributed by atoms with Gasteiger partial charge in [-0.15, -0.1) is 11.8 Å². The summed E-state index contributed by atoms with van der Waals surface area (Å²) in [7, 11) is 0. The normalized spacial score (nSPS) is 10.5. The SMILES string of the molecule is CCCNCc1cccnc1Oc1ccc(SC)cc1. The Balaban J connectivity index is 2.07. The molecular weight excluding hydrogens is 268 g/mol. The van der Waals surface area contributed by atoms with Crippen LogP contribution in [0.3, 0.4) is 0 Å². The average Bonchev–Trinajstić information content (AvgIpc) is 2.50. The number of nitrogens with one attached hydrogen (secondary N) is 1. The number of pyridine rings is 1. The van der Waals surface area contributed by atoms with E-state index in [1.165, 1.54) is 4.90 Å². The fraction of sp³-hybridized carbons (Fsp3) is 0.312. The quantitative estimate of drug-likeness (QED) is 0.614. The third kappa shape index (κ3) is 4.25. The minimum atomic E-state index is 0.674. The monoisotopic (exact) mass is 288 g/mol. The van der Waals surface area contributed by atoms with Gasteiger partial charge in [0.05, 0.1) is 0 Å². The molecule has 20 heavy (non-hydrogen) atoms. The molecule has 4 heteroatoms. The molecule has 0 aliphatic heterocycles. The van der Waals surface area contributed by atoms with E-state index in [0.29, 0.717) is 5.88 Å². The molecule has 0 saturated heterocycles. The molecule has 0 fully saturated rings. The van der Waals surface area contributed by atoms with Crippen LogP contribution >= 0.6 is 11.8 Å². The van der Waals surface area contributed by atoms with E-state index in [9.17, 15) is 0 Å². The summed E-state index contributed by atoms with van der Waals surface area (Å²) in [5, 5.41) is 3.37. The molecule has 0 amide bonds. The lowest BCUT2D eigenvalue weighted by molar-refractivity contribution is 0.452. The van der Waals surface area contributed by atoms with Gasteiger partial charge in [-0.1, -0.05) is 13.0 Å². The maximum Gasteiger partial charge on any atom is 0.223 e. The highest BCUT2D eigenvalue weighted by Crippen LogP contribution is 2.25. The first kappa shape index (κ1) is 14.9. The molecule has 1 aromatic heterocycles. The van der Waals surface area contributed by atoms with Crippen molar-refractivity contribution in [3.63, 3.8) is 0 Å². The van der Waals surface area contributed by atoms with E-state index in [1.54, 1.807) is 18.0 Å². The van der Waals surface area contributed by atoms with Gasteiger partial charge in [-0.2, -0.15) is 0 Å². The van der Waals surface area contributed by atoms with E-state index in [1.807, 2.05) is 24.3 Å². The third-order valence-corrected chi connectivity index (χ3v) is 3.61. The zero-order valence-corrected chi connectivity index (χ0v) is 12.7. The first-order valence-electron chi connectivity index (χ1n) is 6.80. The maximum absolute atomic E-state index is 5.88. The minimum absolute atomic E-state index is 0.674. The predicted molar refractivity (Wildman–Crippen MR) is 84.5 cm³/mol. The molecule has 0 aliphatic carbocycles. The molecule has 2 aromatic rings. The van der Waals surface area contributed by atoms with Gasteiger partial charge in [-0.25, -0.2) is 4.98 Å². The summed E-state index contributed by atoms with van der Waals surface area (Å²) < 4.78 is 5.88. The Kier molecular flexibility index (Phi) is 5.89. The predicted octanol–water partition coefficient (Wildman–Crippen LogP) is 4.10. The molecule has 3 nitrogen and oxygen atoms in total. The number of ether oxygens (including phenoxy) is 1. The zero-order chi connectivity index (χ0) is 14.2. The van der Waals surface area contributed by atoms with Crippen LogP contribution in [-0.2, 0) is 6.54 Å². The molecule has 0 spiro atoms. The van der Waals surface area contributed by atoms with Crippen LogP contribution in [0, 0.1) is 0 Å². The van der Waals surface area contributed by atoms with E-state index in [-0.39, 0.29) is 0 Å². The van der Waals surface area contributed by atoms with Crippen molar-refractivity contribution >= 4 is 11.8 Å². The second-order valence-corrected chi connectivity index (χ2v) is 5.30. The van der Waals surface area contributed by atoms with Crippen molar-refractivity contribution in [3.05, 3.63) is 48.2 Å². The van der Waals surface area contributed by atoms with Crippen molar-refractivity contribution in [2.24, 2.45) is 0 Å². The number of benzene rings is 1. The standard InChI is InChI=1S/C16H20N2OS/c1-3-10-17-12-13-5-4-11-18-16(13)19-14-6-8-15(20-2)9-7-14/h4-9,11,17H,3,10,12H2,1-2H3. The summed E-state index contributed by atoms with van der Waals surface area (Å²) in [6, 6.07) is 12.0. The minimum Gasteiger partial charge on any atom is -0.439 e. The molecule has 1 aromatic carbocycles. The maximum atomic E-state index is 5.88. The van der Waals surface area contributed by atoms with E-state index >= 15 is 0 Å². The highest BCUT2D eigenvalue weighted by atomic mass is 32.2. The molecule has 0 atom stereocenters. The molecule has 1 N–H and O–H groups in total. The molecule has 106 valence electrons. The topological polar surface area (TPSA) is 34.2 Å². The van der Waals surface area contributed by atoms with Gasteiger partial charge >= 0.3 is 0 Å². The Morgan fingerprint density at radius 3 is 2.70 bits per heavy atom. The smallest absolute Gasteiger partial charge is 0.223 e. The first-order chi connectivity index (χ1) is 9.83. The van der Waals surface area contributed by atoms with Crippen molar-refractivity contribution in [2.45, 2.75) is 24.8 Å². The van der Waals surface area contributed by atoms with Gasteiger partial charge < -0.3 is 10.1 Å². The van der Waals surface area contributed by atoms with E-state index in [2.05, 4.69) is 35.6 Å². The highest BCUT2D eigenvalue weighted by molar-refractivity contribution is 7.98. The van der Waals surface area contributed by atoms with Crippen molar-refractivity contribution in [1.29, 1.82) is 0 Å². The highest BCUT2D eigenvalue weighted by Gasteiger charge is 2.05. The zero-order valence-electron chi connectivity index (χ0n) is 11.9. The van der Waals surface area contributed by atoms with Gasteiger partial charge in [-0.05, 0) is 49.6 Å². The van der Waals surface area contributed by atoms with Gasteiger partial charge in [0, 0.05) is 23.2 Å². The molecule has 0 unspecified atom stereocenters. The third-order valence-electron chi connectivity index (χ3n) is 2.87. The van der Waals surface area contributed by atoms with Crippen LogP contribution in [0.5, 0.6) is 11.6 Å². The molecule has 0 saturated carbocycles. The number of aromatic nitrogens is 1. The number of thioether (sulfide) groups is 1. The van der Waals surface area contributed by atoms with Crippen LogP contribution in [0.2, 0.25) is 0 Å². The first-order valence-corrected chi connectivity index (χ1v) is 8.02. The van der Waals surface area contributed by atoms with Crippen LogP contribution in [0.25, 0.3) is 0 Å². The van der Waals surface area contributed by atoms with Gasteiger partial charge in [0.15, 0.2) is 0 Å². The molecule has 0 bridgehead atoms. The Bertz CT molecular complexity index is 528. The van der Waals surface area contributed by atoms with E-state index in [4.69, 9.17) is 4.74 Å². The Morgan fingerprint density at radius 2 is 2.00 bits per heavy atom. The lowest BCUT2D eigenvalue weighted by atomic mass is 10.2. The summed E-state index contributed by atoms with van der Waals surface area (Å²) in [4.78, 5) is 5.55. The second-order valence-electron chi connectivity index (χ2n) is 4.42. The van der Waals surface area contributed by atoms with Crippen molar-refractivity contribution < 1.29 is 4.74 Å². The Hall–Kier alpha value is -1.52. The summed E-state index contributed by atoms with van der Waals surface area (Å²) in [6.07, 6.45) is 4.94. The van der Waals surface area contributed by atoms with E-state index < -0.39 is 0 Å². The van der Waals surface area contributed by atoms with Crippen molar-refractivity contribution in [1.82, 2.24) is 10.3 Å². The Morgan fingerprint density at radius 1 is 1.20 bits per heavy atom. The van der Waals surface area contributed by atoms with Crippen LogP contribution in [0.4, 0.5) is 0 Å². The molecular formula is C16H20N2OS. The summed E-state index contributed by atoms with van der Waals surface area (Å²) in [5.41, 5.74) is 1.08. The number of nitrogens with zero attached hydrogens (tertiary/aromatic N) is 1. The van der Waals surface area contributed by atoms with Crippen LogP contribution < -0.4 is 10.1 Å². The summed E-state index contributed by atoms with van der Waals surface area (Å²) in [6.45, 7) is 3.93. The van der Waals surface area contributed by atoms with Crippen LogP contribution in [0.1, 0.15) is 18.9 Å². The fourth-order valence-corrected chi connectivity index (χ4v) is 2.21. The van der Waals surface area contributed by atoms with Gasteiger partial charge in [-0.3, -0.25) is 0 Å². The molecule has 2 rings (SSSR count). The molecule has 1 heterocycles. The van der Waals surface area contributed by atoms with Crippen molar-refractivity contribution in [3.8, 4) is 11.6 Å². The van der Waals surface area contributed by atoms with Gasteiger partial charge in [0.25, 0.3) is 0 Å². The lowest BCUT2D eigenvalue weighted by Crippen LogP contribution is -2.14. The largest absolute Gasteiger partial charge is 0.439 e. The second kappa shape index (κ2) is 7.92. The number of rotatable bonds is 7. The Labute approximate surface area is 124 Å². The number of hydrogen-bond acceptors (Lipinski definition) is 4. The summed E-state index contributed by atoms with van der Waals surface area (Å²) in [5.74, 6) is 1.49. The number of hydrogen-bond donors (Lipinski definition) is 1. The average molecular weight is 288 g/mol. The molecule has 0 aliphatic rings. The van der Waals surface area contributed by atoms with Crippen LogP contribution in [-0.4, -0.2) is 17.8 Å². The van der Waals surface area contributed by atoms with E-state index in [0.717, 1.165) is 30.8 Å². The summed E-state index contributed by atoms with van der Waals surface area (Å²) >= 11 is 1.72. The molecule has 0 radical (unpaired) electrons. The fourth-order valence-electron chi connectivity index (χ4n) is 1.81. The van der Waals surface area contributed by atoms with Crippen molar-refractivity contribution in [2.75, 3.05) is 12.8 Å². The van der Waals surface area contributed by atoms with Crippen LogP contribution in [0.15, 0.2) is 47.5 Å². The lowest BCUT2D eigenvalue weighted by Gasteiger charge is -2.10. The van der Waals surface area contributed by atoms with Gasteiger partial charge in [0.2, 0.25) is 5.88 Å². The van der Waals surface area contributed by atoms with Gasteiger partial charge in [0.1, 0.15) is 5.75 Å².